The molecule has 1 atom stereocenters. The van der Waals surface area contributed by atoms with Crippen molar-refractivity contribution in [2.45, 2.75) is 45.7 Å². The van der Waals surface area contributed by atoms with E-state index in [0.717, 1.165) is 25.1 Å². The zero-order chi connectivity index (χ0) is 15.8. The molecule has 0 amide bonds. The highest BCUT2D eigenvalue weighted by atomic mass is 32.2. The summed E-state index contributed by atoms with van der Waals surface area (Å²) in [6.45, 7) is 7.51. The van der Waals surface area contributed by atoms with Crippen LogP contribution in [0.5, 0.6) is 0 Å². The van der Waals surface area contributed by atoms with Gasteiger partial charge in [-0.1, -0.05) is 13.8 Å². The Kier molecular flexibility index (Phi) is 10.1. The molecule has 20 heavy (non-hydrogen) atoms. The summed E-state index contributed by atoms with van der Waals surface area (Å²) in [7, 11) is -0.0146. The van der Waals surface area contributed by atoms with Gasteiger partial charge >= 0.3 is 0 Å². The van der Waals surface area contributed by atoms with Gasteiger partial charge in [0.2, 0.25) is 0 Å². The zero-order valence-corrected chi connectivity index (χ0v) is 15.4. The van der Waals surface area contributed by atoms with E-state index in [1.807, 2.05) is 13.2 Å². The van der Waals surface area contributed by atoms with Crippen LogP contribution in [0.15, 0.2) is 0 Å². The molecule has 0 aliphatic rings. The zero-order valence-electron chi connectivity index (χ0n) is 13.7. The largest absolute Gasteiger partial charge is 0.314 e. The van der Waals surface area contributed by atoms with Crippen LogP contribution in [0.2, 0.25) is 0 Å². The van der Waals surface area contributed by atoms with Crippen LogP contribution < -0.4 is 5.32 Å². The Hall–Kier alpha value is 0.180. The van der Waals surface area contributed by atoms with Crippen LogP contribution in [0, 0.1) is 0 Å². The molecule has 0 saturated carbocycles. The molecule has 7 heteroatoms. The number of hydrogen-bond acceptors (Lipinski definition) is 4. The maximum atomic E-state index is 12.4. The van der Waals surface area contributed by atoms with Crippen molar-refractivity contribution in [1.82, 2.24) is 13.9 Å². The Morgan fingerprint density at radius 3 is 2.30 bits per heavy atom. The Morgan fingerprint density at radius 2 is 1.80 bits per heavy atom. The predicted octanol–water partition coefficient (Wildman–Crippen LogP) is 1.62. The first-order valence-corrected chi connectivity index (χ1v) is 9.94. The molecule has 0 spiro atoms. The van der Waals surface area contributed by atoms with E-state index in [1.54, 1.807) is 25.9 Å². The van der Waals surface area contributed by atoms with Crippen LogP contribution in [-0.2, 0) is 10.2 Å². The minimum absolute atomic E-state index is 0.0312. The Bertz CT molecular complexity index is 348. The summed E-state index contributed by atoms with van der Waals surface area (Å²) >= 11 is 1.74. The predicted molar refractivity (Wildman–Crippen MR) is 89.5 cm³/mol. The summed E-state index contributed by atoms with van der Waals surface area (Å²) in [5.74, 6) is 0.975. The van der Waals surface area contributed by atoms with Crippen molar-refractivity contribution in [3.05, 3.63) is 0 Å². The van der Waals surface area contributed by atoms with Gasteiger partial charge in [0.25, 0.3) is 10.2 Å². The monoisotopic (exact) mass is 325 g/mol. The summed E-state index contributed by atoms with van der Waals surface area (Å²) in [6.07, 6.45) is 3.73. The number of hydrogen-bond donors (Lipinski definition) is 1. The minimum Gasteiger partial charge on any atom is -0.314 e. The summed E-state index contributed by atoms with van der Waals surface area (Å²) in [5.41, 5.74) is 0. The van der Waals surface area contributed by atoms with Crippen molar-refractivity contribution in [2.75, 3.05) is 39.2 Å². The van der Waals surface area contributed by atoms with Crippen LogP contribution in [-0.4, -0.2) is 68.3 Å². The van der Waals surface area contributed by atoms with Crippen molar-refractivity contribution in [1.29, 1.82) is 0 Å². The number of nitrogens with one attached hydrogen (secondary N) is 1. The molecule has 0 aliphatic carbocycles. The second-order valence-corrected chi connectivity index (χ2v) is 8.52. The number of thioether (sulfide) groups is 1. The first kappa shape index (κ1) is 20.2. The fourth-order valence-corrected chi connectivity index (χ4v) is 3.66. The van der Waals surface area contributed by atoms with Gasteiger partial charge in [-0.3, -0.25) is 0 Å². The van der Waals surface area contributed by atoms with E-state index >= 15 is 0 Å². The molecule has 0 radical (unpaired) electrons. The molecule has 0 saturated heterocycles. The molecule has 1 N–H and O–H groups in total. The van der Waals surface area contributed by atoms with Gasteiger partial charge in [0, 0.05) is 32.7 Å². The lowest BCUT2D eigenvalue weighted by Crippen LogP contribution is -2.44. The number of nitrogens with zero attached hydrogens (tertiary/aromatic N) is 2. The van der Waals surface area contributed by atoms with Gasteiger partial charge in [-0.2, -0.15) is 28.8 Å². The van der Waals surface area contributed by atoms with Crippen molar-refractivity contribution >= 4 is 22.0 Å². The molecule has 0 aromatic rings. The molecule has 0 aromatic carbocycles. The van der Waals surface area contributed by atoms with Crippen LogP contribution in [0.25, 0.3) is 0 Å². The maximum absolute atomic E-state index is 12.4. The second kappa shape index (κ2) is 10.00. The molecule has 0 heterocycles. The van der Waals surface area contributed by atoms with Gasteiger partial charge < -0.3 is 5.32 Å². The SMILES string of the molecule is CSCCC(C)N(C)S(=O)(=O)N(C)CCCNC(C)C. The van der Waals surface area contributed by atoms with Crippen LogP contribution in [0.1, 0.15) is 33.6 Å². The lowest BCUT2D eigenvalue weighted by Gasteiger charge is -2.29. The Morgan fingerprint density at radius 1 is 1.20 bits per heavy atom. The third-order valence-corrected chi connectivity index (χ3v) is 6.02. The van der Waals surface area contributed by atoms with Gasteiger partial charge in [0.05, 0.1) is 0 Å². The van der Waals surface area contributed by atoms with Crippen molar-refractivity contribution in [2.24, 2.45) is 0 Å². The molecule has 0 fully saturated rings. The van der Waals surface area contributed by atoms with Crippen LogP contribution in [0.3, 0.4) is 0 Å². The molecule has 1 unspecified atom stereocenters. The fourth-order valence-electron chi connectivity index (χ4n) is 1.73. The fraction of sp³-hybridized carbons (Fsp3) is 1.00. The van der Waals surface area contributed by atoms with E-state index in [2.05, 4.69) is 19.2 Å². The Balaban J connectivity index is 4.31. The highest BCUT2D eigenvalue weighted by Gasteiger charge is 2.26. The smallest absolute Gasteiger partial charge is 0.281 e. The molecular weight excluding hydrogens is 294 g/mol. The normalized spacial score (nSPS) is 14.4. The second-order valence-electron chi connectivity index (χ2n) is 5.44. The van der Waals surface area contributed by atoms with Gasteiger partial charge in [-0.25, -0.2) is 0 Å². The maximum Gasteiger partial charge on any atom is 0.281 e. The van der Waals surface area contributed by atoms with Gasteiger partial charge in [0.15, 0.2) is 0 Å². The number of rotatable bonds is 11. The van der Waals surface area contributed by atoms with E-state index in [0.29, 0.717) is 12.6 Å². The van der Waals surface area contributed by atoms with E-state index in [4.69, 9.17) is 0 Å². The first-order valence-electron chi connectivity index (χ1n) is 7.15. The molecule has 0 rings (SSSR count). The first-order chi connectivity index (χ1) is 9.23. The highest BCUT2D eigenvalue weighted by molar-refractivity contribution is 7.98. The molecular formula is C13H31N3O2S2. The lowest BCUT2D eigenvalue weighted by atomic mass is 10.3. The summed E-state index contributed by atoms with van der Waals surface area (Å²) in [4.78, 5) is 0. The molecule has 5 nitrogen and oxygen atoms in total. The van der Waals surface area contributed by atoms with Gasteiger partial charge in [0.1, 0.15) is 0 Å². The average molecular weight is 326 g/mol. The lowest BCUT2D eigenvalue weighted by molar-refractivity contribution is 0.337. The third-order valence-electron chi connectivity index (χ3n) is 3.32. The molecule has 122 valence electrons. The average Bonchev–Trinajstić information content (AvgIpc) is 2.39. The van der Waals surface area contributed by atoms with Crippen LogP contribution in [0.4, 0.5) is 0 Å². The van der Waals surface area contributed by atoms with E-state index < -0.39 is 10.2 Å². The quantitative estimate of drug-likeness (QED) is 0.587. The minimum atomic E-state index is -3.34. The van der Waals surface area contributed by atoms with Crippen LogP contribution >= 0.6 is 11.8 Å². The summed E-state index contributed by atoms with van der Waals surface area (Å²) in [6, 6.07) is 0.467. The van der Waals surface area contributed by atoms with E-state index in [-0.39, 0.29) is 6.04 Å². The van der Waals surface area contributed by atoms with Crippen molar-refractivity contribution in [3.8, 4) is 0 Å². The van der Waals surface area contributed by atoms with Gasteiger partial charge in [-0.15, -0.1) is 0 Å². The van der Waals surface area contributed by atoms with Crippen molar-refractivity contribution < 1.29 is 8.42 Å². The van der Waals surface area contributed by atoms with E-state index in [1.165, 1.54) is 8.61 Å². The molecule has 0 bridgehead atoms. The van der Waals surface area contributed by atoms with E-state index in [9.17, 15) is 8.42 Å². The standard InChI is InChI=1S/C13H31N3O2S2/c1-12(2)14-9-7-10-15(4)20(17,18)16(5)13(3)8-11-19-6/h12-14H,7-11H2,1-6H3. The Labute approximate surface area is 129 Å². The molecule has 0 aliphatic heterocycles. The van der Waals surface area contributed by atoms with Gasteiger partial charge in [-0.05, 0) is 38.3 Å². The highest BCUT2D eigenvalue weighted by Crippen LogP contribution is 2.13. The topological polar surface area (TPSA) is 52.7 Å². The van der Waals surface area contributed by atoms with Crippen molar-refractivity contribution in [3.63, 3.8) is 0 Å². The molecule has 0 aromatic heterocycles. The third kappa shape index (κ3) is 7.26. The summed E-state index contributed by atoms with van der Waals surface area (Å²) < 4.78 is 27.7. The summed E-state index contributed by atoms with van der Waals surface area (Å²) in [5, 5.41) is 3.29.